The van der Waals surface area contributed by atoms with Gasteiger partial charge in [0.15, 0.2) is 0 Å². The van der Waals surface area contributed by atoms with Crippen LogP contribution in [0.3, 0.4) is 0 Å². The number of rotatable bonds is 3. The molecular formula is C15H19BrN2. The number of benzene rings is 1. The highest BCUT2D eigenvalue weighted by Crippen LogP contribution is 2.22. The second-order valence-electron chi connectivity index (χ2n) is 5.30. The van der Waals surface area contributed by atoms with E-state index in [-0.39, 0.29) is 0 Å². The van der Waals surface area contributed by atoms with Crippen LogP contribution in [0.1, 0.15) is 25.5 Å². The lowest BCUT2D eigenvalue weighted by Crippen LogP contribution is -2.29. The Hall–Kier alpha value is -0.800. The van der Waals surface area contributed by atoms with Crippen LogP contribution in [0, 0.1) is 0 Å². The van der Waals surface area contributed by atoms with E-state index in [0.29, 0.717) is 0 Å². The third kappa shape index (κ3) is 2.47. The van der Waals surface area contributed by atoms with Crippen LogP contribution in [0.2, 0.25) is 0 Å². The van der Waals surface area contributed by atoms with Crippen molar-refractivity contribution in [2.24, 2.45) is 0 Å². The molecule has 1 saturated heterocycles. The van der Waals surface area contributed by atoms with E-state index in [0.717, 1.165) is 16.9 Å². The monoisotopic (exact) mass is 306 g/mol. The summed E-state index contributed by atoms with van der Waals surface area (Å²) in [6, 6.07) is 9.45. The Morgan fingerprint density at radius 1 is 1.39 bits per heavy atom. The Morgan fingerprint density at radius 2 is 2.28 bits per heavy atom. The van der Waals surface area contributed by atoms with Crippen LogP contribution >= 0.6 is 15.9 Å². The van der Waals surface area contributed by atoms with Crippen molar-refractivity contribution in [3.8, 4) is 0 Å². The summed E-state index contributed by atoms with van der Waals surface area (Å²) in [6.45, 7) is 4.79. The first kappa shape index (κ1) is 12.2. The molecule has 1 atom stereocenters. The van der Waals surface area contributed by atoms with E-state index >= 15 is 0 Å². The second kappa shape index (κ2) is 5.06. The highest BCUT2D eigenvalue weighted by molar-refractivity contribution is 9.10. The third-order valence-electron chi connectivity index (χ3n) is 4.00. The molecule has 0 radical (unpaired) electrons. The van der Waals surface area contributed by atoms with Gasteiger partial charge in [-0.25, -0.2) is 0 Å². The number of aromatic nitrogens is 1. The van der Waals surface area contributed by atoms with Crippen molar-refractivity contribution in [2.75, 3.05) is 13.1 Å². The molecule has 1 aromatic heterocycles. The van der Waals surface area contributed by atoms with Crippen molar-refractivity contribution in [1.29, 1.82) is 0 Å². The molecule has 2 nitrogen and oxygen atoms in total. The van der Waals surface area contributed by atoms with Crippen molar-refractivity contribution in [2.45, 2.75) is 32.2 Å². The van der Waals surface area contributed by atoms with Gasteiger partial charge in [0.05, 0.1) is 0 Å². The number of H-pyrrole nitrogens is 1. The van der Waals surface area contributed by atoms with E-state index < -0.39 is 0 Å². The molecule has 18 heavy (non-hydrogen) atoms. The number of likely N-dealkylation sites (tertiary alicyclic amines) is 1. The minimum Gasteiger partial charge on any atom is -0.358 e. The minimum absolute atomic E-state index is 0.767. The number of hydrogen-bond donors (Lipinski definition) is 1. The Bertz CT molecular complexity index is 546. The van der Waals surface area contributed by atoms with Crippen molar-refractivity contribution in [3.63, 3.8) is 0 Å². The molecule has 1 aromatic carbocycles. The van der Waals surface area contributed by atoms with Gasteiger partial charge in [-0.15, -0.1) is 0 Å². The van der Waals surface area contributed by atoms with Gasteiger partial charge in [0, 0.05) is 40.1 Å². The molecule has 0 amide bonds. The summed E-state index contributed by atoms with van der Waals surface area (Å²) < 4.78 is 1.15. The molecule has 3 rings (SSSR count). The quantitative estimate of drug-likeness (QED) is 0.909. The lowest BCUT2D eigenvalue weighted by molar-refractivity contribution is 0.271. The summed E-state index contributed by atoms with van der Waals surface area (Å²) in [5.74, 6) is 0. The average molecular weight is 307 g/mol. The van der Waals surface area contributed by atoms with Gasteiger partial charge >= 0.3 is 0 Å². The van der Waals surface area contributed by atoms with Crippen LogP contribution in [0.5, 0.6) is 0 Å². The molecule has 96 valence electrons. The zero-order valence-corrected chi connectivity index (χ0v) is 12.3. The molecule has 2 aromatic rings. The lowest BCUT2D eigenvalue weighted by atomic mass is 10.2. The van der Waals surface area contributed by atoms with Gasteiger partial charge < -0.3 is 9.88 Å². The smallest absolute Gasteiger partial charge is 0.0456 e. The average Bonchev–Trinajstić information content (AvgIpc) is 2.92. The largest absolute Gasteiger partial charge is 0.358 e. The molecule has 0 unspecified atom stereocenters. The Morgan fingerprint density at radius 3 is 3.06 bits per heavy atom. The molecular weight excluding hydrogens is 288 g/mol. The summed E-state index contributed by atoms with van der Waals surface area (Å²) in [5.41, 5.74) is 2.59. The van der Waals surface area contributed by atoms with Crippen LogP contribution < -0.4 is 0 Å². The number of hydrogen-bond acceptors (Lipinski definition) is 1. The van der Waals surface area contributed by atoms with Crippen LogP contribution in [0.15, 0.2) is 28.7 Å². The highest BCUT2D eigenvalue weighted by atomic mass is 79.9. The maximum Gasteiger partial charge on any atom is 0.0456 e. The molecule has 1 aliphatic heterocycles. The zero-order chi connectivity index (χ0) is 12.5. The minimum atomic E-state index is 0.767. The molecule has 1 N–H and O–H groups in total. The maximum atomic E-state index is 3.52. The molecule has 2 heterocycles. The number of fused-ring (bicyclic) bond motifs is 1. The SMILES string of the molecule is C[C@@H]1CCCN1CCc1cc2cc(Br)ccc2[nH]1. The first-order valence-corrected chi connectivity index (χ1v) is 7.53. The first-order chi connectivity index (χ1) is 8.72. The van der Waals surface area contributed by atoms with Gasteiger partial charge in [0.25, 0.3) is 0 Å². The Kier molecular flexibility index (Phi) is 3.44. The van der Waals surface area contributed by atoms with Gasteiger partial charge in [-0.1, -0.05) is 15.9 Å². The second-order valence-corrected chi connectivity index (χ2v) is 6.22. The van der Waals surface area contributed by atoms with Crippen LogP contribution in [0.25, 0.3) is 10.9 Å². The fraction of sp³-hybridized carbons (Fsp3) is 0.467. The molecule has 1 fully saturated rings. The summed E-state index contributed by atoms with van der Waals surface area (Å²) in [4.78, 5) is 6.11. The van der Waals surface area contributed by atoms with Crippen molar-refractivity contribution in [3.05, 3.63) is 34.4 Å². The van der Waals surface area contributed by atoms with E-state index in [1.807, 2.05) is 0 Å². The highest BCUT2D eigenvalue weighted by Gasteiger charge is 2.19. The fourth-order valence-corrected chi connectivity index (χ4v) is 3.27. The van der Waals surface area contributed by atoms with E-state index in [4.69, 9.17) is 0 Å². The lowest BCUT2D eigenvalue weighted by Gasteiger charge is -2.20. The van der Waals surface area contributed by atoms with E-state index in [1.54, 1.807) is 0 Å². The number of halogens is 1. The standard InChI is InChI=1S/C15H19BrN2/c1-11-3-2-7-18(11)8-6-14-10-12-9-13(16)4-5-15(12)17-14/h4-5,9-11,17H,2-3,6-8H2,1H3/t11-/m1/s1. The summed E-state index contributed by atoms with van der Waals surface area (Å²) >= 11 is 3.52. The van der Waals surface area contributed by atoms with E-state index in [2.05, 4.69) is 57.0 Å². The predicted octanol–water partition coefficient (Wildman–Crippen LogP) is 3.96. The van der Waals surface area contributed by atoms with Gasteiger partial charge in [0.1, 0.15) is 0 Å². The van der Waals surface area contributed by atoms with Crippen molar-refractivity contribution >= 4 is 26.8 Å². The van der Waals surface area contributed by atoms with Crippen LogP contribution in [0.4, 0.5) is 0 Å². The number of nitrogens with zero attached hydrogens (tertiary/aromatic N) is 1. The molecule has 0 saturated carbocycles. The van der Waals surface area contributed by atoms with Crippen LogP contribution in [-0.2, 0) is 6.42 Å². The molecule has 1 aliphatic rings. The summed E-state index contributed by atoms with van der Waals surface area (Å²) in [7, 11) is 0. The Labute approximate surface area is 116 Å². The van der Waals surface area contributed by atoms with Gasteiger partial charge in [-0.2, -0.15) is 0 Å². The van der Waals surface area contributed by atoms with Gasteiger partial charge in [-0.05, 0) is 50.6 Å². The van der Waals surface area contributed by atoms with Gasteiger partial charge in [-0.3, -0.25) is 0 Å². The Balaban J connectivity index is 1.71. The third-order valence-corrected chi connectivity index (χ3v) is 4.49. The molecule has 0 bridgehead atoms. The van der Waals surface area contributed by atoms with E-state index in [9.17, 15) is 0 Å². The molecule has 0 aliphatic carbocycles. The van der Waals surface area contributed by atoms with Crippen LogP contribution in [-0.4, -0.2) is 29.0 Å². The van der Waals surface area contributed by atoms with Crippen molar-refractivity contribution in [1.82, 2.24) is 9.88 Å². The summed E-state index contributed by atoms with van der Waals surface area (Å²) in [6.07, 6.45) is 3.84. The first-order valence-electron chi connectivity index (χ1n) is 6.73. The van der Waals surface area contributed by atoms with E-state index in [1.165, 1.54) is 42.5 Å². The number of aromatic amines is 1. The summed E-state index contributed by atoms with van der Waals surface area (Å²) in [5, 5.41) is 1.30. The van der Waals surface area contributed by atoms with Crippen molar-refractivity contribution < 1.29 is 0 Å². The topological polar surface area (TPSA) is 19.0 Å². The van der Waals surface area contributed by atoms with Gasteiger partial charge in [0.2, 0.25) is 0 Å². The maximum absolute atomic E-state index is 3.52. The molecule has 0 spiro atoms. The fourth-order valence-electron chi connectivity index (χ4n) is 2.89. The zero-order valence-electron chi connectivity index (χ0n) is 10.7. The number of nitrogens with one attached hydrogen (secondary N) is 1. The molecule has 3 heteroatoms. The predicted molar refractivity (Wildman–Crippen MR) is 80.0 cm³/mol. The normalized spacial score (nSPS) is 20.9.